The molecule has 1 aromatic rings. The minimum atomic E-state index is -0.587. The Bertz CT molecular complexity index is 407. The van der Waals surface area contributed by atoms with Gasteiger partial charge in [-0.1, -0.05) is 19.9 Å². The molecular formula is C14H22N2O3. The van der Waals surface area contributed by atoms with Crippen LogP contribution in [0.1, 0.15) is 24.2 Å². The van der Waals surface area contributed by atoms with Crippen molar-refractivity contribution >= 4 is 11.6 Å². The summed E-state index contributed by atoms with van der Waals surface area (Å²) in [6, 6.07) is 6.86. The first kappa shape index (κ1) is 15.5. The Morgan fingerprint density at radius 1 is 1.42 bits per heavy atom. The fourth-order valence-electron chi connectivity index (χ4n) is 1.52. The van der Waals surface area contributed by atoms with Crippen LogP contribution in [-0.2, 0) is 4.74 Å². The fraction of sp³-hybridized carbons (Fsp3) is 0.500. The molecule has 1 rings (SSSR count). The zero-order valence-electron chi connectivity index (χ0n) is 11.4. The average Bonchev–Trinajstić information content (AvgIpc) is 2.36. The maximum atomic E-state index is 11.0. The normalized spacial score (nSPS) is 12.4. The number of amides is 1. The molecule has 0 spiro atoms. The summed E-state index contributed by atoms with van der Waals surface area (Å²) < 4.78 is 5.34. The average molecular weight is 266 g/mol. The van der Waals surface area contributed by atoms with E-state index in [2.05, 4.69) is 19.2 Å². The highest BCUT2D eigenvalue weighted by atomic mass is 16.5. The van der Waals surface area contributed by atoms with Gasteiger partial charge in [0.15, 0.2) is 0 Å². The van der Waals surface area contributed by atoms with Gasteiger partial charge in [0.1, 0.15) is 0 Å². The van der Waals surface area contributed by atoms with Gasteiger partial charge in [-0.25, -0.2) is 0 Å². The van der Waals surface area contributed by atoms with Crippen LogP contribution < -0.4 is 11.1 Å². The molecule has 0 heterocycles. The van der Waals surface area contributed by atoms with E-state index in [1.165, 1.54) is 0 Å². The second kappa shape index (κ2) is 7.76. The number of aliphatic hydroxyl groups is 1. The highest BCUT2D eigenvalue weighted by Gasteiger charge is 2.06. The van der Waals surface area contributed by atoms with E-state index in [9.17, 15) is 9.90 Å². The van der Waals surface area contributed by atoms with Crippen molar-refractivity contribution in [3.63, 3.8) is 0 Å². The van der Waals surface area contributed by atoms with Crippen molar-refractivity contribution in [2.45, 2.75) is 20.0 Å². The summed E-state index contributed by atoms with van der Waals surface area (Å²) >= 11 is 0. The van der Waals surface area contributed by atoms with Gasteiger partial charge in [-0.2, -0.15) is 0 Å². The lowest BCUT2D eigenvalue weighted by Crippen LogP contribution is -2.25. The van der Waals surface area contributed by atoms with Gasteiger partial charge >= 0.3 is 0 Å². The standard InChI is InChI=1S/C14H22N2O3/c1-10(2)8-19-9-13(17)7-16-12-5-3-4-11(6-12)14(15)18/h3-6,10,13,16-17H,7-9H2,1-2H3,(H2,15,18). The molecule has 0 saturated carbocycles. The van der Waals surface area contributed by atoms with E-state index < -0.39 is 12.0 Å². The summed E-state index contributed by atoms with van der Waals surface area (Å²) in [6.07, 6.45) is -0.587. The lowest BCUT2D eigenvalue weighted by atomic mass is 10.2. The van der Waals surface area contributed by atoms with Crippen LogP contribution in [0.2, 0.25) is 0 Å². The summed E-state index contributed by atoms with van der Waals surface area (Å²) in [5, 5.41) is 12.8. The number of hydrogen-bond donors (Lipinski definition) is 3. The summed E-state index contributed by atoms with van der Waals surface area (Å²) in [5.41, 5.74) is 6.39. The van der Waals surface area contributed by atoms with Gasteiger partial charge in [0, 0.05) is 24.4 Å². The zero-order chi connectivity index (χ0) is 14.3. The Labute approximate surface area is 113 Å². The summed E-state index contributed by atoms with van der Waals surface area (Å²) in [7, 11) is 0. The molecule has 1 atom stereocenters. The molecule has 5 heteroatoms. The van der Waals surface area contributed by atoms with Crippen LogP contribution in [0.15, 0.2) is 24.3 Å². The van der Waals surface area contributed by atoms with Gasteiger partial charge in [0.2, 0.25) is 5.91 Å². The number of benzene rings is 1. The van der Waals surface area contributed by atoms with E-state index in [1.807, 2.05) is 6.07 Å². The van der Waals surface area contributed by atoms with E-state index in [0.717, 1.165) is 5.69 Å². The molecule has 0 aromatic heterocycles. The molecule has 0 aliphatic carbocycles. The SMILES string of the molecule is CC(C)COCC(O)CNc1cccc(C(N)=O)c1. The smallest absolute Gasteiger partial charge is 0.248 e. The molecule has 0 bridgehead atoms. The fourth-order valence-corrected chi connectivity index (χ4v) is 1.52. The van der Waals surface area contributed by atoms with Gasteiger partial charge in [-0.15, -0.1) is 0 Å². The Balaban J connectivity index is 2.35. The molecule has 0 radical (unpaired) electrons. The van der Waals surface area contributed by atoms with Gasteiger partial charge in [0.25, 0.3) is 0 Å². The van der Waals surface area contributed by atoms with Crippen molar-refractivity contribution in [2.24, 2.45) is 11.7 Å². The van der Waals surface area contributed by atoms with Gasteiger partial charge in [0.05, 0.1) is 12.7 Å². The van der Waals surface area contributed by atoms with E-state index in [4.69, 9.17) is 10.5 Å². The number of ether oxygens (including phenoxy) is 1. The Kier molecular flexibility index (Phi) is 6.32. The monoisotopic (exact) mass is 266 g/mol. The van der Waals surface area contributed by atoms with Crippen molar-refractivity contribution in [1.29, 1.82) is 0 Å². The minimum Gasteiger partial charge on any atom is -0.389 e. The number of nitrogens with two attached hydrogens (primary N) is 1. The van der Waals surface area contributed by atoms with Crippen LogP contribution >= 0.6 is 0 Å². The van der Waals surface area contributed by atoms with E-state index >= 15 is 0 Å². The molecule has 5 nitrogen and oxygen atoms in total. The lowest BCUT2D eigenvalue weighted by molar-refractivity contribution is 0.0318. The molecule has 0 aliphatic heterocycles. The lowest BCUT2D eigenvalue weighted by Gasteiger charge is -2.14. The predicted molar refractivity (Wildman–Crippen MR) is 75.1 cm³/mol. The molecular weight excluding hydrogens is 244 g/mol. The van der Waals surface area contributed by atoms with Crippen molar-refractivity contribution in [3.8, 4) is 0 Å². The van der Waals surface area contributed by atoms with Gasteiger partial charge < -0.3 is 20.9 Å². The third-order valence-electron chi connectivity index (χ3n) is 2.45. The molecule has 0 fully saturated rings. The highest BCUT2D eigenvalue weighted by molar-refractivity contribution is 5.93. The van der Waals surface area contributed by atoms with Crippen molar-refractivity contribution < 1.29 is 14.6 Å². The highest BCUT2D eigenvalue weighted by Crippen LogP contribution is 2.10. The van der Waals surface area contributed by atoms with Crippen molar-refractivity contribution in [2.75, 3.05) is 25.1 Å². The van der Waals surface area contributed by atoms with Gasteiger partial charge in [-0.3, -0.25) is 4.79 Å². The van der Waals surface area contributed by atoms with Crippen molar-refractivity contribution in [3.05, 3.63) is 29.8 Å². The van der Waals surface area contributed by atoms with E-state index in [1.54, 1.807) is 18.2 Å². The summed E-state index contributed by atoms with van der Waals surface area (Å²) in [4.78, 5) is 11.0. The summed E-state index contributed by atoms with van der Waals surface area (Å²) in [6.45, 7) is 5.40. The predicted octanol–water partition coefficient (Wildman–Crippen LogP) is 1.23. The van der Waals surface area contributed by atoms with Gasteiger partial charge in [-0.05, 0) is 24.1 Å². The van der Waals surface area contributed by atoms with Crippen LogP contribution in [0.5, 0.6) is 0 Å². The largest absolute Gasteiger partial charge is 0.389 e. The van der Waals surface area contributed by atoms with E-state index in [0.29, 0.717) is 31.2 Å². The van der Waals surface area contributed by atoms with Crippen LogP contribution in [0.4, 0.5) is 5.69 Å². The van der Waals surface area contributed by atoms with Crippen LogP contribution in [0.25, 0.3) is 0 Å². The number of carbonyl (C=O) groups is 1. The first-order valence-corrected chi connectivity index (χ1v) is 6.38. The summed E-state index contributed by atoms with van der Waals surface area (Å²) in [5.74, 6) is -0.0168. The van der Waals surface area contributed by atoms with Crippen molar-refractivity contribution in [1.82, 2.24) is 0 Å². The molecule has 0 saturated heterocycles. The molecule has 19 heavy (non-hydrogen) atoms. The maximum Gasteiger partial charge on any atom is 0.248 e. The number of anilines is 1. The Hall–Kier alpha value is -1.59. The first-order chi connectivity index (χ1) is 8.99. The van der Waals surface area contributed by atoms with Crippen LogP contribution in [-0.4, -0.2) is 36.9 Å². The number of rotatable bonds is 8. The van der Waals surface area contributed by atoms with Crippen LogP contribution in [0, 0.1) is 5.92 Å². The first-order valence-electron chi connectivity index (χ1n) is 6.38. The molecule has 4 N–H and O–H groups in total. The second-order valence-corrected chi connectivity index (χ2v) is 4.91. The second-order valence-electron chi connectivity index (χ2n) is 4.91. The number of primary amides is 1. The third kappa shape index (κ3) is 6.22. The number of hydrogen-bond acceptors (Lipinski definition) is 4. The Morgan fingerprint density at radius 3 is 2.79 bits per heavy atom. The topological polar surface area (TPSA) is 84.6 Å². The van der Waals surface area contributed by atoms with E-state index in [-0.39, 0.29) is 0 Å². The Morgan fingerprint density at radius 2 is 2.16 bits per heavy atom. The number of carbonyl (C=O) groups excluding carboxylic acids is 1. The third-order valence-corrected chi connectivity index (χ3v) is 2.45. The minimum absolute atomic E-state index is 0.292. The quantitative estimate of drug-likeness (QED) is 0.660. The number of aliphatic hydroxyl groups excluding tert-OH is 1. The molecule has 106 valence electrons. The number of nitrogens with one attached hydrogen (secondary N) is 1. The maximum absolute atomic E-state index is 11.0. The molecule has 0 aliphatic rings. The zero-order valence-corrected chi connectivity index (χ0v) is 11.4. The molecule has 1 unspecified atom stereocenters. The molecule has 1 aromatic carbocycles. The van der Waals surface area contributed by atoms with Crippen LogP contribution in [0.3, 0.4) is 0 Å². The molecule has 1 amide bonds.